The molecule has 0 radical (unpaired) electrons. The molecule has 2 aliphatic rings. The second kappa shape index (κ2) is 4.28. The molecule has 1 aromatic heterocycles. The molecule has 0 spiro atoms. The number of nitrogens with zero attached hydrogens (tertiary/aromatic N) is 3. The largest absolute Gasteiger partial charge is 0.369 e. The first-order chi connectivity index (χ1) is 8.66. The molecule has 1 unspecified atom stereocenters. The van der Waals surface area contributed by atoms with E-state index in [0.717, 1.165) is 44.0 Å². The first-order valence-electron chi connectivity index (χ1n) is 6.51. The van der Waals surface area contributed by atoms with Crippen LogP contribution in [0.25, 0.3) is 0 Å². The quantitative estimate of drug-likeness (QED) is 0.763. The summed E-state index contributed by atoms with van der Waals surface area (Å²) in [6, 6.07) is -0.504. The fourth-order valence-electron chi connectivity index (χ4n) is 3.08. The van der Waals surface area contributed by atoms with E-state index in [9.17, 15) is 4.79 Å². The van der Waals surface area contributed by atoms with Crippen molar-refractivity contribution in [2.45, 2.75) is 25.2 Å². The second-order valence-corrected chi connectivity index (χ2v) is 5.24. The van der Waals surface area contributed by atoms with Crippen LogP contribution in [0.3, 0.4) is 0 Å². The molecule has 0 aliphatic carbocycles. The number of amides is 1. The molecule has 3 heterocycles. The van der Waals surface area contributed by atoms with Gasteiger partial charge in [0.15, 0.2) is 0 Å². The Labute approximate surface area is 106 Å². The average Bonchev–Trinajstić information content (AvgIpc) is 2.88. The van der Waals surface area contributed by atoms with Crippen molar-refractivity contribution >= 4 is 11.8 Å². The van der Waals surface area contributed by atoms with E-state index < -0.39 is 6.03 Å². The van der Waals surface area contributed by atoms with Gasteiger partial charge in [0, 0.05) is 24.6 Å². The Bertz CT molecular complexity index is 481. The van der Waals surface area contributed by atoms with Gasteiger partial charge in [0.2, 0.25) is 0 Å². The minimum absolute atomic E-state index is 0.429. The Balaban J connectivity index is 1.97. The number of rotatable bonds is 1. The minimum Gasteiger partial charge on any atom is -0.369 e. The van der Waals surface area contributed by atoms with Gasteiger partial charge in [-0.1, -0.05) is 0 Å². The molecular weight excluding hydrogens is 230 g/mol. The van der Waals surface area contributed by atoms with Crippen molar-refractivity contribution in [3.63, 3.8) is 0 Å². The number of hydrogen-bond acceptors (Lipinski definition) is 4. The number of fused-ring (bicyclic) bond motifs is 1. The standard InChI is InChI=1S/C12H19N5O/c1-16-6-2-3-8(7-16)10-9-4-5-14-11(9)17(15-10)12(13)18/h8,14H,2-7H2,1H3,(H2,13,18). The van der Waals surface area contributed by atoms with Gasteiger partial charge in [-0.15, -0.1) is 0 Å². The smallest absolute Gasteiger partial charge is 0.341 e. The molecule has 1 amide bonds. The number of primary amides is 1. The summed E-state index contributed by atoms with van der Waals surface area (Å²) in [5.41, 5.74) is 7.63. The SMILES string of the molecule is CN1CCCC(c2nn(C(N)=O)c3c2CCN3)C1. The van der Waals surface area contributed by atoms with Gasteiger partial charge < -0.3 is 16.0 Å². The summed E-state index contributed by atoms with van der Waals surface area (Å²) in [5, 5.41) is 7.65. The lowest BCUT2D eigenvalue weighted by Gasteiger charge is -2.29. The number of likely N-dealkylation sites (N-methyl/N-ethyl adjacent to an activating group) is 1. The van der Waals surface area contributed by atoms with Gasteiger partial charge in [-0.25, -0.2) is 4.79 Å². The third-order valence-corrected chi connectivity index (χ3v) is 3.90. The Hall–Kier alpha value is -1.56. The van der Waals surface area contributed by atoms with Gasteiger partial charge >= 0.3 is 6.03 Å². The highest BCUT2D eigenvalue weighted by molar-refractivity contribution is 5.79. The summed E-state index contributed by atoms with van der Waals surface area (Å²) in [6.45, 7) is 3.03. The lowest BCUT2D eigenvalue weighted by atomic mass is 9.92. The fourth-order valence-corrected chi connectivity index (χ4v) is 3.08. The number of aromatic nitrogens is 2. The van der Waals surface area contributed by atoms with Gasteiger partial charge in [-0.2, -0.15) is 9.78 Å². The second-order valence-electron chi connectivity index (χ2n) is 5.24. The lowest BCUT2D eigenvalue weighted by Crippen LogP contribution is -2.31. The van der Waals surface area contributed by atoms with Crippen LogP contribution in [0, 0.1) is 0 Å². The highest BCUT2D eigenvalue weighted by atomic mass is 16.2. The molecular formula is C12H19N5O. The van der Waals surface area contributed by atoms with E-state index in [0.29, 0.717) is 5.92 Å². The summed E-state index contributed by atoms with van der Waals surface area (Å²) < 4.78 is 1.33. The van der Waals surface area contributed by atoms with Crippen molar-refractivity contribution in [2.24, 2.45) is 5.73 Å². The van der Waals surface area contributed by atoms with Crippen LogP contribution < -0.4 is 11.1 Å². The minimum atomic E-state index is -0.504. The van der Waals surface area contributed by atoms with Crippen LogP contribution in [0.5, 0.6) is 0 Å². The van der Waals surface area contributed by atoms with Gasteiger partial charge in [-0.3, -0.25) is 0 Å². The van der Waals surface area contributed by atoms with Crippen molar-refractivity contribution in [1.29, 1.82) is 0 Å². The number of piperidine rings is 1. The number of nitrogens with one attached hydrogen (secondary N) is 1. The summed E-state index contributed by atoms with van der Waals surface area (Å²) >= 11 is 0. The Morgan fingerprint density at radius 1 is 1.56 bits per heavy atom. The monoisotopic (exact) mass is 249 g/mol. The number of hydrogen-bond donors (Lipinski definition) is 2. The topological polar surface area (TPSA) is 76.2 Å². The van der Waals surface area contributed by atoms with Gasteiger partial charge in [0.05, 0.1) is 5.69 Å². The molecule has 98 valence electrons. The molecule has 6 nitrogen and oxygen atoms in total. The molecule has 1 fully saturated rings. The average molecular weight is 249 g/mol. The Kier molecular flexibility index (Phi) is 2.74. The van der Waals surface area contributed by atoms with Crippen molar-refractivity contribution in [2.75, 3.05) is 32.0 Å². The zero-order valence-electron chi connectivity index (χ0n) is 10.6. The van der Waals surface area contributed by atoms with Crippen molar-refractivity contribution in [1.82, 2.24) is 14.7 Å². The first-order valence-corrected chi connectivity index (χ1v) is 6.51. The molecule has 3 rings (SSSR count). The van der Waals surface area contributed by atoms with E-state index in [4.69, 9.17) is 5.73 Å². The van der Waals surface area contributed by atoms with Crippen molar-refractivity contribution in [3.05, 3.63) is 11.3 Å². The molecule has 0 aromatic carbocycles. The van der Waals surface area contributed by atoms with E-state index in [1.807, 2.05) is 0 Å². The predicted molar refractivity (Wildman–Crippen MR) is 68.9 cm³/mol. The highest BCUT2D eigenvalue weighted by Crippen LogP contribution is 2.34. The molecule has 6 heteroatoms. The van der Waals surface area contributed by atoms with Gasteiger partial charge in [0.1, 0.15) is 5.82 Å². The third-order valence-electron chi connectivity index (χ3n) is 3.90. The van der Waals surface area contributed by atoms with E-state index in [1.165, 1.54) is 16.7 Å². The molecule has 3 N–H and O–H groups in total. The summed E-state index contributed by atoms with van der Waals surface area (Å²) in [6.07, 6.45) is 3.28. The van der Waals surface area contributed by atoms with Crippen LogP contribution in [0.15, 0.2) is 0 Å². The molecule has 0 bridgehead atoms. The molecule has 1 aromatic rings. The molecule has 1 atom stereocenters. The Morgan fingerprint density at radius 3 is 3.11 bits per heavy atom. The maximum absolute atomic E-state index is 11.4. The number of likely N-dealkylation sites (tertiary alicyclic amines) is 1. The number of carbonyl (C=O) groups excluding carboxylic acids is 1. The summed E-state index contributed by atoms with van der Waals surface area (Å²) in [5.74, 6) is 1.24. The van der Waals surface area contributed by atoms with Crippen molar-refractivity contribution in [3.8, 4) is 0 Å². The first kappa shape index (κ1) is 11.5. The molecule has 0 saturated carbocycles. The predicted octanol–water partition coefficient (Wildman–Crippen LogP) is 0.587. The van der Waals surface area contributed by atoms with Crippen LogP contribution in [-0.2, 0) is 6.42 Å². The molecule has 2 aliphatic heterocycles. The van der Waals surface area contributed by atoms with Crippen LogP contribution in [-0.4, -0.2) is 47.4 Å². The zero-order chi connectivity index (χ0) is 12.7. The number of carbonyl (C=O) groups is 1. The summed E-state index contributed by atoms with van der Waals surface area (Å²) in [7, 11) is 2.13. The number of nitrogens with two attached hydrogens (primary N) is 1. The van der Waals surface area contributed by atoms with Crippen LogP contribution in [0.4, 0.5) is 10.6 Å². The van der Waals surface area contributed by atoms with E-state index in [-0.39, 0.29) is 0 Å². The normalized spacial score (nSPS) is 23.7. The lowest BCUT2D eigenvalue weighted by molar-refractivity contribution is 0.243. The number of anilines is 1. The van der Waals surface area contributed by atoms with E-state index in [1.54, 1.807) is 0 Å². The maximum atomic E-state index is 11.4. The Morgan fingerprint density at radius 2 is 2.39 bits per heavy atom. The fraction of sp³-hybridized carbons (Fsp3) is 0.667. The van der Waals surface area contributed by atoms with Gasteiger partial charge in [0.25, 0.3) is 0 Å². The highest BCUT2D eigenvalue weighted by Gasteiger charge is 2.30. The van der Waals surface area contributed by atoms with Crippen LogP contribution in [0.1, 0.15) is 30.0 Å². The molecule has 1 saturated heterocycles. The van der Waals surface area contributed by atoms with Crippen LogP contribution >= 0.6 is 0 Å². The van der Waals surface area contributed by atoms with Crippen molar-refractivity contribution < 1.29 is 4.79 Å². The summed E-state index contributed by atoms with van der Waals surface area (Å²) in [4.78, 5) is 13.7. The zero-order valence-corrected chi connectivity index (χ0v) is 10.6. The van der Waals surface area contributed by atoms with E-state index >= 15 is 0 Å². The van der Waals surface area contributed by atoms with E-state index in [2.05, 4.69) is 22.4 Å². The third kappa shape index (κ3) is 1.77. The van der Waals surface area contributed by atoms with Gasteiger partial charge in [-0.05, 0) is 32.9 Å². The maximum Gasteiger partial charge on any atom is 0.341 e. The molecule has 18 heavy (non-hydrogen) atoms. The van der Waals surface area contributed by atoms with Crippen LogP contribution in [0.2, 0.25) is 0 Å².